The van der Waals surface area contributed by atoms with E-state index >= 15 is 0 Å². The van der Waals surface area contributed by atoms with E-state index in [-0.39, 0.29) is 18.0 Å². The number of benzene rings is 1. The van der Waals surface area contributed by atoms with Crippen molar-refractivity contribution in [3.8, 4) is 0 Å². The molecule has 0 saturated heterocycles. The molecular weight excluding hydrogens is 342 g/mol. The lowest BCUT2D eigenvalue weighted by molar-refractivity contribution is -0.138. The van der Waals surface area contributed by atoms with Gasteiger partial charge in [-0.15, -0.1) is 11.3 Å². The van der Waals surface area contributed by atoms with Gasteiger partial charge in [0.15, 0.2) is 0 Å². The quantitative estimate of drug-likeness (QED) is 0.677. The lowest BCUT2D eigenvalue weighted by Gasteiger charge is -2.18. The maximum absolute atomic E-state index is 13.2. The van der Waals surface area contributed by atoms with Crippen molar-refractivity contribution < 1.29 is 17.6 Å². The van der Waals surface area contributed by atoms with E-state index in [0.29, 0.717) is 11.9 Å². The van der Waals surface area contributed by atoms with E-state index in [0.717, 1.165) is 16.3 Å². The molecule has 0 fully saturated rings. The summed E-state index contributed by atoms with van der Waals surface area (Å²) in [5, 5.41) is 5.80. The van der Waals surface area contributed by atoms with Crippen LogP contribution in [0.5, 0.6) is 0 Å². The van der Waals surface area contributed by atoms with Gasteiger partial charge in [-0.05, 0) is 42.5 Å². The van der Waals surface area contributed by atoms with Crippen molar-refractivity contribution in [3.63, 3.8) is 0 Å². The van der Waals surface area contributed by atoms with Gasteiger partial charge in [0, 0.05) is 6.04 Å². The van der Waals surface area contributed by atoms with Crippen LogP contribution in [-0.4, -0.2) is 16.0 Å². The minimum atomic E-state index is -4.59. The van der Waals surface area contributed by atoms with Crippen molar-refractivity contribution in [1.82, 2.24) is 9.97 Å². The third kappa shape index (κ3) is 3.48. The molecule has 0 amide bonds. The van der Waals surface area contributed by atoms with Gasteiger partial charge in [0.1, 0.15) is 22.8 Å². The van der Waals surface area contributed by atoms with Crippen molar-refractivity contribution in [3.05, 3.63) is 52.9 Å². The Kier molecular flexibility index (Phi) is 4.40. The number of thiophene rings is 1. The molecule has 0 aliphatic rings. The molecule has 1 N–H and O–H groups in total. The van der Waals surface area contributed by atoms with Crippen molar-refractivity contribution in [1.29, 1.82) is 0 Å². The molecule has 126 valence electrons. The first-order chi connectivity index (χ1) is 11.3. The second kappa shape index (κ2) is 6.35. The Bertz CT molecular complexity index is 860. The number of alkyl halides is 3. The predicted molar refractivity (Wildman–Crippen MR) is 85.6 cm³/mol. The Hall–Kier alpha value is -2.22. The van der Waals surface area contributed by atoms with Crippen LogP contribution < -0.4 is 5.32 Å². The first kappa shape index (κ1) is 16.6. The number of hydrogen-bond acceptors (Lipinski definition) is 4. The second-order valence-electron chi connectivity index (χ2n) is 5.41. The summed E-state index contributed by atoms with van der Waals surface area (Å²) in [6.45, 7) is 1.75. The zero-order valence-corrected chi connectivity index (χ0v) is 13.4. The number of aromatic nitrogens is 2. The summed E-state index contributed by atoms with van der Waals surface area (Å²) < 4.78 is 52.4. The predicted octanol–water partition coefficient (Wildman–Crippen LogP) is 4.89. The Balaban J connectivity index is 1.83. The van der Waals surface area contributed by atoms with Gasteiger partial charge in [-0.3, -0.25) is 0 Å². The van der Waals surface area contributed by atoms with E-state index in [1.54, 1.807) is 6.92 Å². The van der Waals surface area contributed by atoms with Gasteiger partial charge in [-0.2, -0.15) is 13.2 Å². The van der Waals surface area contributed by atoms with E-state index in [1.165, 1.54) is 23.7 Å². The summed E-state index contributed by atoms with van der Waals surface area (Å²) in [5.74, 6) is -0.327. The molecule has 1 unspecified atom stereocenters. The fraction of sp³-hybridized carbons (Fsp3) is 0.250. The fourth-order valence-electron chi connectivity index (χ4n) is 2.51. The summed E-state index contributed by atoms with van der Waals surface area (Å²) in [4.78, 5) is 9.08. The minimum absolute atomic E-state index is 0.0412. The van der Waals surface area contributed by atoms with Crippen LogP contribution in [0, 0.1) is 5.82 Å². The van der Waals surface area contributed by atoms with Crippen LogP contribution in [0.25, 0.3) is 10.2 Å². The first-order valence-corrected chi connectivity index (χ1v) is 8.03. The standard InChI is InChI=1S/C16H13F4N3S/c1-9(23-14-12-4-5-24-15(12)22-8-21-14)6-10-2-3-11(17)7-13(10)16(18,19)20/h2-5,7-9H,6H2,1H3,(H,21,22,23). The summed E-state index contributed by atoms with van der Waals surface area (Å²) in [5.41, 5.74) is -0.904. The Labute approximate surface area is 139 Å². The smallest absolute Gasteiger partial charge is 0.367 e. The lowest BCUT2D eigenvalue weighted by atomic mass is 10.00. The van der Waals surface area contributed by atoms with Crippen molar-refractivity contribution in [2.45, 2.75) is 25.6 Å². The van der Waals surface area contributed by atoms with Gasteiger partial charge in [0.05, 0.1) is 10.9 Å². The molecule has 8 heteroatoms. The molecule has 0 saturated carbocycles. The molecule has 0 radical (unpaired) electrons. The molecular formula is C16H13F4N3S. The highest BCUT2D eigenvalue weighted by Gasteiger charge is 2.34. The van der Waals surface area contributed by atoms with Gasteiger partial charge in [-0.1, -0.05) is 6.07 Å². The minimum Gasteiger partial charge on any atom is -0.367 e. The van der Waals surface area contributed by atoms with Gasteiger partial charge in [0.2, 0.25) is 0 Å². The third-order valence-electron chi connectivity index (χ3n) is 3.55. The number of fused-ring (bicyclic) bond motifs is 1. The molecule has 3 aromatic rings. The van der Waals surface area contributed by atoms with E-state index in [1.807, 2.05) is 11.4 Å². The number of anilines is 1. The average Bonchev–Trinajstić information content (AvgIpc) is 2.97. The van der Waals surface area contributed by atoms with Crippen molar-refractivity contribution in [2.75, 3.05) is 5.32 Å². The normalized spacial score (nSPS) is 13.2. The molecule has 2 aromatic heterocycles. The number of rotatable bonds is 4. The fourth-order valence-corrected chi connectivity index (χ4v) is 3.24. The zero-order chi connectivity index (χ0) is 17.3. The second-order valence-corrected chi connectivity index (χ2v) is 6.31. The van der Waals surface area contributed by atoms with E-state index in [9.17, 15) is 17.6 Å². The summed E-state index contributed by atoms with van der Waals surface area (Å²) in [6, 6.07) is 4.28. The SMILES string of the molecule is CC(Cc1ccc(F)cc1C(F)(F)F)Nc1ncnc2sccc12. The molecule has 1 aromatic carbocycles. The zero-order valence-electron chi connectivity index (χ0n) is 12.6. The molecule has 3 nitrogen and oxygen atoms in total. The topological polar surface area (TPSA) is 37.8 Å². The van der Waals surface area contributed by atoms with E-state index < -0.39 is 17.6 Å². The maximum atomic E-state index is 13.2. The molecule has 0 bridgehead atoms. The van der Waals surface area contributed by atoms with Crippen molar-refractivity contribution in [2.24, 2.45) is 0 Å². The van der Waals surface area contributed by atoms with Crippen molar-refractivity contribution >= 4 is 27.4 Å². The largest absolute Gasteiger partial charge is 0.416 e. The number of halogens is 4. The third-order valence-corrected chi connectivity index (χ3v) is 4.37. The number of nitrogens with zero attached hydrogens (tertiary/aromatic N) is 2. The molecule has 0 spiro atoms. The molecule has 1 atom stereocenters. The monoisotopic (exact) mass is 355 g/mol. The van der Waals surface area contributed by atoms with Crippen LogP contribution >= 0.6 is 11.3 Å². The maximum Gasteiger partial charge on any atom is 0.416 e. The summed E-state index contributed by atoms with van der Waals surface area (Å²) >= 11 is 1.46. The molecule has 24 heavy (non-hydrogen) atoms. The van der Waals surface area contributed by atoms with E-state index in [4.69, 9.17) is 0 Å². The van der Waals surface area contributed by atoms with Crippen LogP contribution in [0.2, 0.25) is 0 Å². The van der Waals surface area contributed by atoms with Crippen LogP contribution in [0.1, 0.15) is 18.1 Å². The van der Waals surface area contributed by atoms with E-state index in [2.05, 4.69) is 15.3 Å². The molecule has 2 heterocycles. The summed E-state index contributed by atoms with van der Waals surface area (Å²) in [7, 11) is 0. The highest BCUT2D eigenvalue weighted by Crippen LogP contribution is 2.33. The Morgan fingerprint density at radius 3 is 2.75 bits per heavy atom. The van der Waals surface area contributed by atoms with Crippen LogP contribution in [-0.2, 0) is 12.6 Å². The highest BCUT2D eigenvalue weighted by atomic mass is 32.1. The Morgan fingerprint density at radius 2 is 2.00 bits per heavy atom. The molecule has 0 aliphatic carbocycles. The van der Waals surface area contributed by atoms with Gasteiger partial charge in [-0.25, -0.2) is 14.4 Å². The lowest BCUT2D eigenvalue weighted by Crippen LogP contribution is -2.21. The van der Waals surface area contributed by atoms with Gasteiger partial charge >= 0.3 is 6.18 Å². The highest BCUT2D eigenvalue weighted by molar-refractivity contribution is 7.16. The molecule has 3 rings (SSSR count). The number of nitrogens with one attached hydrogen (secondary N) is 1. The number of hydrogen-bond donors (Lipinski definition) is 1. The first-order valence-electron chi connectivity index (χ1n) is 7.15. The summed E-state index contributed by atoms with van der Waals surface area (Å²) in [6.07, 6.45) is -3.09. The van der Waals surface area contributed by atoms with Gasteiger partial charge < -0.3 is 5.32 Å². The van der Waals surface area contributed by atoms with Crippen LogP contribution in [0.15, 0.2) is 36.0 Å². The molecule has 0 aliphatic heterocycles. The van der Waals surface area contributed by atoms with Gasteiger partial charge in [0.25, 0.3) is 0 Å². The van der Waals surface area contributed by atoms with Crippen LogP contribution in [0.3, 0.4) is 0 Å². The average molecular weight is 355 g/mol. The van der Waals surface area contributed by atoms with Crippen LogP contribution in [0.4, 0.5) is 23.4 Å². The Morgan fingerprint density at radius 1 is 1.21 bits per heavy atom.